The summed E-state index contributed by atoms with van der Waals surface area (Å²) in [4.78, 5) is 23.8. The molecule has 0 saturated carbocycles. The molecule has 1 aromatic heterocycles. The number of aromatic nitrogens is 1. The molecule has 1 heterocycles. The third kappa shape index (κ3) is 2.91. The summed E-state index contributed by atoms with van der Waals surface area (Å²) in [5.74, 6) is -1.01. The number of nitrogens with zero attached hydrogens (tertiary/aromatic N) is 1. The first kappa shape index (κ1) is 16.8. The zero-order chi connectivity index (χ0) is 18.8. The number of aromatic carboxylic acids is 1. The molecule has 132 valence electrons. The molecule has 0 aliphatic heterocycles. The first-order valence-electron chi connectivity index (χ1n) is 8.63. The van der Waals surface area contributed by atoms with E-state index in [1.807, 2.05) is 59.2 Å². The summed E-state index contributed by atoms with van der Waals surface area (Å²) in [5, 5.41) is 10.5. The number of hydrogen-bond acceptors (Lipinski definition) is 2. The molecular formula is C23H17NO3. The predicted molar refractivity (Wildman–Crippen MR) is 105 cm³/mol. The Bertz CT molecular complexity index is 1140. The van der Waals surface area contributed by atoms with Crippen LogP contribution in [0.5, 0.6) is 0 Å². The van der Waals surface area contributed by atoms with Crippen LogP contribution >= 0.6 is 0 Å². The van der Waals surface area contributed by atoms with Gasteiger partial charge in [-0.25, -0.2) is 4.79 Å². The molecule has 4 nitrogen and oxygen atoms in total. The lowest BCUT2D eigenvalue weighted by atomic mass is 10.0. The Morgan fingerprint density at radius 1 is 0.889 bits per heavy atom. The quantitative estimate of drug-likeness (QED) is 0.520. The maximum atomic E-state index is 12.0. The molecule has 4 aromatic rings. The van der Waals surface area contributed by atoms with Crippen molar-refractivity contribution in [1.29, 1.82) is 0 Å². The molecule has 4 heteroatoms. The van der Waals surface area contributed by atoms with Gasteiger partial charge in [0.2, 0.25) is 0 Å². The minimum Gasteiger partial charge on any atom is -0.478 e. The van der Waals surface area contributed by atoms with E-state index in [0.29, 0.717) is 23.4 Å². The molecule has 0 aliphatic rings. The standard InChI is InChI=1S/C23H17NO3/c25-15-20-17-10-6-7-13-21(17)24(14-16-8-2-1-3-9-16)22(20)18-11-4-5-12-19(18)23(26)27/h1-13,15H,14H2,(H,26,27). The fraction of sp³-hybridized carbons (Fsp3) is 0.0435. The molecule has 0 spiro atoms. The van der Waals surface area contributed by atoms with Crippen molar-refractivity contribution >= 4 is 23.2 Å². The molecule has 0 fully saturated rings. The molecule has 0 aliphatic carbocycles. The Balaban J connectivity index is 2.06. The number of benzene rings is 3. The van der Waals surface area contributed by atoms with Crippen molar-refractivity contribution in [1.82, 2.24) is 4.57 Å². The van der Waals surface area contributed by atoms with E-state index in [4.69, 9.17) is 0 Å². The summed E-state index contributed by atoms with van der Waals surface area (Å²) in [7, 11) is 0. The van der Waals surface area contributed by atoms with Gasteiger partial charge in [-0.2, -0.15) is 0 Å². The number of para-hydroxylation sites is 1. The Kier molecular flexibility index (Phi) is 4.30. The summed E-state index contributed by atoms with van der Waals surface area (Å²) in [6, 6.07) is 24.4. The predicted octanol–water partition coefficient (Wildman–Crippen LogP) is 4.87. The van der Waals surface area contributed by atoms with Crippen molar-refractivity contribution in [3.8, 4) is 11.3 Å². The van der Waals surface area contributed by atoms with Gasteiger partial charge in [0.25, 0.3) is 0 Å². The van der Waals surface area contributed by atoms with Crippen molar-refractivity contribution in [3.63, 3.8) is 0 Å². The largest absolute Gasteiger partial charge is 0.478 e. The van der Waals surface area contributed by atoms with Gasteiger partial charge in [0.1, 0.15) is 0 Å². The zero-order valence-corrected chi connectivity index (χ0v) is 14.5. The Hall–Kier alpha value is -3.66. The number of carboxylic acid groups (broad SMARTS) is 1. The van der Waals surface area contributed by atoms with Gasteiger partial charge in [-0.15, -0.1) is 0 Å². The molecule has 1 N–H and O–H groups in total. The van der Waals surface area contributed by atoms with E-state index >= 15 is 0 Å². The van der Waals surface area contributed by atoms with Crippen LogP contribution < -0.4 is 0 Å². The topological polar surface area (TPSA) is 59.3 Å². The lowest BCUT2D eigenvalue weighted by molar-refractivity contribution is 0.0697. The van der Waals surface area contributed by atoms with Gasteiger partial charge in [-0.1, -0.05) is 66.7 Å². The van der Waals surface area contributed by atoms with Crippen LogP contribution in [-0.2, 0) is 6.54 Å². The monoisotopic (exact) mass is 355 g/mol. The smallest absolute Gasteiger partial charge is 0.336 e. The molecule has 0 atom stereocenters. The second-order valence-electron chi connectivity index (χ2n) is 6.32. The average molecular weight is 355 g/mol. The normalized spacial score (nSPS) is 10.8. The van der Waals surface area contributed by atoms with Gasteiger partial charge in [0.15, 0.2) is 6.29 Å². The van der Waals surface area contributed by atoms with Crippen LogP contribution in [0, 0.1) is 0 Å². The number of aldehydes is 1. The van der Waals surface area contributed by atoms with Crippen molar-refractivity contribution in [2.45, 2.75) is 6.54 Å². The second kappa shape index (κ2) is 6.92. The number of carbonyl (C=O) groups is 2. The number of carboxylic acids is 1. The molecule has 0 saturated heterocycles. The lowest BCUT2D eigenvalue weighted by Gasteiger charge is -2.14. The average Bonchev–Trinajstić information content (AvgIpc) is 3.02. The summed E-state index contributed by atoms with van der Waals surface area (Å²) >= 11 is 0. The van der Waals surface area contributed by atoms with Gasteiger partial charge < -0.3 is 9.67 Å². The van der Waals surface area contributed by atoms with Crippen LogP contribution in [0.1, 0.15) is 26.3 Å². The highest BCUT2D eigenvalue weighted by Crippen LogP contribution is 2.35. The fourth-order valence-corrected chi connectivity index (χ4v) is 3.55. The van der Waals surface area contributed by atoms with E-state index in [2.05, 4.69) is 0 Å². The highest BCUT2D eigenvalue weighted by Gasteiger charge is 2.22. The van der Waals surface area contributed by atoms with Crippen molar-refractivity contribution in [3.05, 3.63) is 95.6 Å². The van der Waals surface area contributed by atoms with Crippen LogP contribution in [0.2, 0.25) is 0 Å². The van der Waals surface area contributed by atoms with Crippen LogP contribution in [-0.4, -0.2) is 21.9 Å². The molecule has 0 unspecified atom stereocenters. The first-order valence-corrected chi connectivity index (χ1v) is 8.63. The van der Waals surface area contributed by atoms with E-state index in [1.54, 1.807) is 24.3 Å². The number of carbonyl (C=O) groups excluding carboxylic acids is 1. The van der Waals surface area contributed by atoms with Gasteiger partial charge in [0, 0.05) is 28.6 Å². The summed E-state index contributed by atoms with van der Waals surface area (Å²) in [5.41, 5.74) is 3.84. The van der Waals surface area contributed by atoms with E-state index in [-0.39, 0.29) is 5.56 Å². The van der Waals surface area contributed by atoms with Crippen LogP contribution in [0.15, 0.2) is 78.9 Å². The molecule has 0 radical (unpaired) electrons. The summed E-state index contributed by atoms with van der Waals surface area (Å²) in [6.45, 7) is 0.540. The summed E-state index contributed by atoms with van der Waals surface area (Å²) in [6.07, 6.45) is 0.817. The second-order valence-corrected chi connectivity index (χ2v) is 6.32. The molecule has 0 bridgehead atoms. The van der Waals surface area contributed by atoms with E-state index in [0.717, 1.165) is 22.8 Å². The molecule has 27 heavy (non-hydrogen) atoms. The van der Waals surface area contributed by atoms with Crippen molar-refractivity contribution < 1.29 is 14.7 Å². The van der Waals surface area contributed by atoms with E-state index in [1.165, 1.54) is 0 Å². The van der Waals surface area contributed by atoms with Crippen LogP contribution in [0.4, 0.5) is 0 Å². The maximum Gasteiger partial charge on any atom is 0.336 e. The molecule has 4 rings (SSSR count). The van der Waals surface area contributed by atoms with Gasteiger partial charge in [-0.05, 0) is 17.7 Å². The Labute approximate surface area is 156 Å². The third-order valence-corrected chi connectivity index (χ3v) is 4.72. The van der Waals surface area contributed by atoms with Crippen LogP contribution in [0.3, 0.4) is 0 Å². The van der Waals surface area contributed by atoms with Crippen molar-refractivity contribution in [2.75, 3.05) is 0 Å². The number of rotatable bonds is 5. The Morgan fingerprint density at radius 3 is 2.30 bits per heavy atom. The highest BCUT2D eigenvalue weighted by atomic mass is 16.4. The maximum absolute atomic E-state index is 12.0. The van der Waals surface area contributed by atoms with E-state index in [9.17, 15) is 14.7 Å². The summed E-state index contributed by atoms with van der Waals surface area (Å²) < 4.78 is 2.02. The molecule has 0 amide bonds. The third-order valence-electron chi connectivity index (χ3n) is 4.72. The van der Waals surface area contributed by atoms with Crippen molar-refractivity contribution in [2.24, 2.45) is 0 Å². The zero-order valence-electron chi connectivity index (χ0n) is 14.5. The first-order chi connectivity index (χ1) is 13.2. The SMILES string of the molecule is O=Cc1c(-c2ccccc2C(=O)O)n(Cc2ccccc2)c2ccccc12. The van der Waals surface area contributed by atoms with Gasteiger partial charge in [0.05, 0.1) is 11.3 Å². The molecular weight excluding hydrogens is 338 g/mol. The lowest BCUT2D eigenvalue weighted by Crippen LogP contribution is -2.06. The number of hydrogen-bond donors (Lipinski definition) is 1. The van der Waals surface area contributed by atoms with E-state index < -0.39 is 5.97 Å². The molecule has 3 aromatic carbocycles. The van der Waals surface area contributed by atoms with Gasteiger partial charge >= 0.3 is 5.97 Å². The fourth-order valence-electron chi connectivity index (χ4n) is 3.55. The minimum atomic E-state index is -1.01. The number of fused-ring (bicyclic) bond motifs is 1. The van der Waals surface area contributed by atoms with Gasteiger partial charge in [-0.3, -0.25) is 4.79 Å². The van der Waals surface area contributed by atoms with Crippen LogP contribution in [0.25, 0.3) is 22.2 Å². The highest BCUT2D eigenvalue weighted by molar-refractivity contribution is 6.07. The minimum absolute atomic E-state index is 0.178. The Morgan fingerprint density at radius 2 is 1.56 bits per heavy atom.